The second-order valence-electron chi connectivity index (χ2n) is 4.02. The van der Waals surface area contributed by atoms with Gasteiger partial charge in [-0.1, -0.05) is 28.1 Å². The first kappa shape index (κ1) is 14.0. The Morgan fingerprint density at radius 1 is 1.11 bits per heavy atom. The summed E-state index contributed by atoms with van der Waals surface area (Å²) in [6.07, 6.45) is 0. The van der Waals surface area contributed by atoms with Crippen LogP contribution in [0.4, 0.5) is 8.78 Å². The largest absolute Gasteiger partial charge is 0.489 e. The van der Waals surface area contributed by atoms with E-state index in [1.54, 1.807) is 18.2 Å². The average molecular weight is 328 g/mol. The molecular formula is C14H12BrF2NO. The maximum absolute atomic E-state index is 13.7. The quantitative estimate of drug-likeness (QED) is 0.927. The van der Waals surface area contributed by atoms with Crippen LogP contribution in [0, 0.1) is 11.6 Å². The Morgan fingerprint density at radius 3 is 2.53 bits per heavy atom. The molecule has 0 bridgehead atoms. The molecule has 2 nitrogen and oxygen atoms in total. The van der Waals surface area contributed by atoms with Crippen molar-refractivity contribution >= 4 is 15.9 Å². The minimum Gasteiger partial charge on any atom is -0.489 e. The Labute approximate surface area is 118 Å². The van der Waals surface area contributed by atoms with Crippen molar-refractivity contribution in [2.75, 3.05) is 0 Å². The molecule has 5 heteroatoms. The minimum absolute atomic E-state index is 0.0343. The molecule has 0 aliphatic heterocycles. The summed E-state index contributed by atoms with van der Waals surface area (Å²) >= 11 is 3.16. The summed E-state index contributed by atoms with van der Waals surface area (Å²) in [5, 5.41) is 0. The Bertz CT molecular complexity index is 569. The fraction of sp³-hybridized carbons (Fsp3) is 0.143. The topological polar surface area (TPSA) is 35.2 Å². The van der Waals surface area contributed by atoms with Gasteiger partial charge in [-0.25, -0.2) is 8.78 Å². The Balaban J connectivity index is 2.10. The van der Waals surface area contributed by atoms with Crippen molar-refractivity contribution in [2.45, 2.75) is 13.2 Å². The van der Waals surface area contributed by atoms with Crippen LogP contribution < -0.4 is 10.5 Å². The van der Waals surface area contributed by atoms with E-state index >= 15 is 0 Å². The molecule has 0 aliphatic rings. The molecule has 0 aliphatic carbocycles. The summed E-state index contributed by atoms with van der Waals surface area (Å²) in [6.45, 7) is 0.321. The van der Waals surface area contributed by atoms with E-state index < -0.39 is 5.82 Å². The zero-order valence-electron chi connectivity index (χ0n) is 10.00. The van der Waals surface area contributed by atoms with Gasteiger partial charge >= 0.3 is 0 Å². The monoisotopic (exact) mass is 327 g/mol. The molecule has 0 fully saturated rings. The van der Waals surface area contributed by atoms with Crippen LogP contribution in [0.15, 0.2) is 40.9 Å². The number of nitrogens with two attached hydrogens (primary N) is 1. The third kappa shape index (κ3) is 3.75. The SMILES string of the molecule is NCc1ccc(COc2cc(F)cc(Br)c2)c(F)c1. The predicted octanol–water partition coefficient (Wildman–Crippen LogP) is 3.77. The summed E-state index contributed by atoms with van der Waals surface area (Å²) in [7, 11) is 0. The smallest absolute Gasteiger partial charge is 0.130 e. The fourth-order valence-electron chi connectivity index (χ4n) is 1.61. The van der Waals surface area contributed by atoms with E-state index in [0.717, 1.165) is 5.56 Å². The number of hydrogen-bond donors (Lipinski definition) is 1. The first-order valence-corrected chi connectivity index (χ1v) is 6.44. The van der Waals surface area contributed by atoms with Crippen LogP contribution in [0.3, 0.4) is 0 Å². The zero-order valence-corrected chi connectivity index (χ0v) is 11.6. The van der Waals surface area contributed by atoms with Gasteiger partial charge in [-0.15, -0.1) is 0 Å². The van der Waals surface area contributed by atoms with Gasteiger partial charge in [-0.05, 0) is 23.8 Å². The molecule has 0 unspecified atom stereocenters. The lowest BCUT2D eigenvalue weighted by molar-refractivity contribution is 0.298. The molecule has 2 aromatic carbocycles. The molecule has 19 heavy (non-hydrogen) atoms. The molecule has 0 heterocycles. The number of ether oxygens (including phenoxy) is 1. The molecule has 0 aromatic heterocycles. The van der Waals surface area contributed by atoms with Gasteiger partial charge in [0, 0.05) is 22.6 Å². The Hall–Kier alpha value is -1.46. The lowest BCUT2D eigenvalue weighted by atomic mass is 10.1. The van der Waals surface area contributed by atoms with Crippen molar-refractivity contribution in [1.82, 2.24) is 0 Å². The molecule has 0 amide bonds. The number of benzene rings is 2. The highest BCUT2D eigenvalue weighted by Gasteiger charge is 2.05. The van der Waals surface area contributed by atoms with Gasteiger partial charge in [0.1, 0.15) is 24.0 Å². The first-order chi connectivity index (χ1) is 9.08. The molecule has 0 saturated carbocycles. The normalized spacial score (nSPS) is 10.5. The third-order valence-electron chi connectivity index (χ3n) is 2.58. The maximum atomic E-state index is 13.7. The van der Waals surface area contributed by atoms with Crippen molar-refractivity contribution < 1.29 is 13.5 Å². The minimum atomic E-state index is -0.414. The van der Waals surface area contributed by atoms with E-state index in [1.807, 2.05) is 0 Å². The first-order valence-electron chi connectivity index (χ1n) is 5.65. The number of halogens is 3. The second-order valence-corrected chi connectivity index (χ2v) is 4.94. The van der Waals surface area contributed by atoms with E-state index in [2.05, 4.69) is 15.9 Å². The number of rotatable bonds is 4. The summed E-state index contributed by atoms with van der Waals surface area (Å²) in [5.41, 5.74) is 6.54. The lowest BCUT2D eigenvalue weighted by Crippen LogP contribution is -2.02. The standard InChI is InChI=1S/C14H12BrF2NO/c15-11-4-12(16)6-13(5-11)19-8-10-2-1-9(7-18)3-14(10)17/h1-6H,7-8,18H2. The molecule has 0 spiro atoms. The zero-order chi connectivity index (χ0) is 13.8. The summed E-state index contributed by atoms with van der Waals surface area (Å²) in [5.74, 6) is -0.448. The number of hydrogen-bond acceptors (Lipinski definition) is 2. The molecule has 2 rings (SSSR count). The van der Waals surface area contributed by atoms with Crippen LogP contribution in [0.1, 0.15) is 11.1 Å². The third-order valence-corrected chi connectivity index (χ3v) is 3.04. The summed E-state index contributed by atoms with van der Waals surface area (Å²) in [4.78, 5) is 0. The van der Waals surface area contributed by atoms with Crippen molar-refractivity contribution in [2.24, 2.45) is 5.73 Å². The molecule has 2 aromatic rings. The van der Waals surface area contributed by atoms with Gasteiger partial charge in [-0.3, -0.25) is 0 Å². The maximum Gasteiger partial charge on any atom is 0.130 e. The van der Waals surface area contributed by atoms with E-state index in [1.165, 1.54) is 18.2 Å². The molecule has 0 saturated heterocycles. The molecule has 2 N–H and O–H groups in total. The Kier molecular flexibility index (Phi) is 4.50. The average Bonchev–Trinajstić information content (AvgIpc) is 2.36. The van der Waals surface area contributed by atoms with Crippen LogP contribution in [0.5, 0.6) is 5.75 Å². The van der Waals surface area contributed by atoms with Gasteiger partial charge in [0.25, 0.3) is 0 Å². The van der Waals surface area contributed by atoms with E-state index in [-0.39, 0.29) is 19.0 Å². The molecule has 0 radical (unpaired) electrons. The van der Waals surface area contributed by atoms with Crippen molar-refractivity contribution in [3.8, 4) is 5.75 Å². The van der Waals surface area contributed by atoms with Crippen LogP contribution >= 0.6 is 15.9 Å². The summed E-state index contributed by atoms with van der Waals surface area (Å²) in [6, 6.07) is 8.92. The summed E-state index contributed by atoms with van der Waals surface area (Å²) < 4.78 is 32.8. The van der Waals surface area contributed by atoms with Crippen molar-refractivity contribution in [3.63, 3.8) is 0 Å². The van der Waals surface area contributed by atoms with Gasteiger partial charge in [0.05, 0.1) is 0 Å². The molecular weight excluding hydrogens is 316 g/mol. The van der Waals surface area contributed by atoms with E-state index in [0.29, 0.717) is 15.8 Å². The highest BCUT2D eigenvalue weighted by atomic mass is 79.9. The molecule has 100 valence electrons. The van der Waals surface area contributed by atoms with Gasteiger partial charge < -0.3 is 10.5 Å². The van der Waals surface area contributed by atoms with Crippen LogP contribution in [-0.2, 0) is 13.2 Å². The highest BCUT2D eigenvalue weighted by Crippen LogP contribution is 2.22. The van der Waals surface area contributed by atoms with Crippen molar-refractivity contribution in [3.05, 3.63) is 63.6 Å². The van der Waals surface area contributed by atoms with Crippen molar-refractivity contribution in [1.29, 1.82) is 0 Å². The second kappa shape index (κ2) is 6.12. The van der Waals surface area contributed by atoms with Gasteiger partial charge in [0.15, 0.2) is 0 Å². The van der Waals surface area contributed by atoms with Crippen LogP contribution in [0.25, 0.3) is 0 Å². The predicted molar refractivity (Wildman–Crippen MR) is 72.7 cm³/mol. The van der Waals surface area contributed by atoms with Gasteiger partial charge in [-0.2, -0.15) is 0 Å². The van der Waals surface area contributed by atoms with E-state index in [4.69, 9.17) is 10.5 Å². The highest BCUT2D eigenvalue weighted by molar-refractivity contribution is 9.10. The van der Waals surface area contributed by atoms with Gasteiger partial charge in [0.2, 0.25) is 0 Å². The lowest BCUT2D eigenvalue weighted by Gasteiger charge is -2.08. The van der Waals surface area contributed by atoms with Crippen LogP contribution in [0.2, 0.25) is 0 Å². The van der Waals surface area contributed by atoms with Crippen LogP contribution in [-0.4, -0.2) is 0 Å². The fourth-order valence-corrected chi connectivity index (χ4v) is 2.05. The molecule has 0 atom stereocenters. The van der Waals surface area contributed by atoms with E-state index in [9.17, 15) is 8.78 Å². The Morgan fingerprint density at radius 2 is 1.89 bits per heavy atom.